The van der Waals surface area contributed by atoms with Gasteiger partial charge in [-0.25, -0.2) is 5.43 Å². The molecule has 3 N–H and O–H groups in total. The maximum absolute atomic E-state index is 13.6. The maximum atomic E-state index is 13.6. The highest BCUT2D eigenvalue weighted by Crippen LogP contribution is 2.68. The third-order valence-electron chi connectivity index (χ3n) is 12.2. The Hall–Kier alpha value is -3.18. The summed E-state index contributed by atoms with van der Waals surface area (Å²) in [5.41, 5.74) is 2.08. The number of carbonyl (C=O) groups excluding carboxylic acids is 3. The number of ether oxygens (including phenoxy) is 1. The molecule has 11 heteroatoms. The minimum atomic E-state index is -0.693. The van der Waals surface area contributed by atoms with Gasteiger partial charge in [0.25, 0.3) is 0 Å². The molecule has 3 aliphatic carbocycles. The van der Waals surface area contributed by atoms with Crippen molar-refractivity contribution in [2.24, 2.45) is 39.1 Å². The fourth-order valence-electron chi connectivity index (χ4n) is 9.00. The summed E-state index contributed by atoms with van der Waals surface area (Å²) in [5.74, 6) is 0.0887. The molecular formula is C36H51N5O5S. The summed E-state index contributed by atoms with van der Waals surface area (Å²) in [7, 11) is 0. The maximum Gasteiger partial charge on any atom is 0.316 e. The lowest BCUT2D eigenvalue weighted by Gasteiger charge is -2.61. The minimum Gasteiger partial charge on any atom is -0.461 e. The molecule has 0 aromatic heterocycles. The van der Waals surface area contributed by atoms with Crippen LogP contribution in [0, 0.1) is 39.4 Å². The molecule has 10 nitrogen and oxygen atoms in total. The number of piperazine rings is 1. The molecular weight excluding hydrogens is 614 g/mol. The molecule has 5 rings (SSSR count). The Morgan fingerprint density at radius 2 is 1.89 bits per heavy atom. The van der Waals surface area contributed by atoms with Crippen LogP contribution in [-0.2, 0) is 19.1 Å². The Bertz CT molecular complexity index is 1430. The largest absolute Gasteiger partial charge is 0.461 e. The SMILES string of the molecule is C=C[C@]1(C)C[C@@H](OC(=O)CSc2cccc(/C=N/NC(=N)N3CCN(C(C)=O)CC3)c2)[C@]2(C)C(C)CCC3(CCC(=O)C32)[C@@H](C)[C@@H]1O. The van der Waals surface area contributed by atoms with E-state index in [-0.39, 0.29) is 52.5 Å². The van der Waals surface area contributed by atoms with E-state index in [0.29, 0.717) is 39.0 Å². The number of hydrazone groups is 1. The second-order valence-electron chi connectivity index (χ2n) is 14.6. The second kappa shape index (κ2) is 13.7. The number of thioether (sulfide) groups is 1. The zero-order chi connectivity index (χ0) is 34.1. The molecule has 0 radical (unpaired) electrons. The molecule has 8 atom stereocenters. The van der Waals surface area contributed by atoms with E-state index in [1.54, 1.807) is 18.0 Å². The van der Waals surface area contributed by atoms with Crippen molar-refractivity contribution in [3.05, 3.63) is 42.5 Å². The van der Waals surface area contributed by atoms with Crippen LogP contribution >= 0.6 is 11.8 Å². The van der Waals surface area contributed by atoms with Gasteiger partial charge in [-0.15, -0.1) is 18.3 Å². The van der Waals surface area contributed by atoms with E-state index < -0.39 is 23.0 Å². The van der Waals surface area contributed by atoms with Crippen molar-refractivity contribution in [2.75, 3.05) is 31.9 Å². The van der Waals surface area contributed by atoms with Gasteiger partial charge >= 0.3 is 5.97 Å². The molecule has 47 heavy (non-hydrogen) atoms. The van der Waals surface area contributed by atoms with E-state index >= 15 is 0 Å². The number of guanidine groups is 1. The topological polar surface area (TPSA) is 135 Å². The monoisotopic (exact) mass is 665 g/mol. The molecule has 1 heterocycles. The Kier molecular flexibility index (Phi) is 10.3. The molecule has 0 spiro atoms. The van der Waals surface area contributed by atoms with Gasteiger partial charge in [0.15, 0.2) is 0 Å². The third kappa shape index (κ3) is 6.62. The van der Waals surface area contributed by atoms with Gasteiger partial charge in [-0.3, -0.25) is 19.8 Å². The van der Waals surface area contributed by atoms with Crippen LogP contribution in [0.2, 0.25) is 0 Å². The predicted molar refractivity (Wildman–Crippen MR) is 184 cm³/mol. The van der Waals surface area contributed by atoms with Crippen LogP contribution < -0.4 is 5.43 Å². The van der Waals surface area contributed by atoms with Crippen molar-refractivity contribution in [3.63, 3.8) is 0 Å². The minimum absolute atomic E-state index is 0.0444. The molecule has 3 saturated carbocycles. The van der Waals surface area contributed by atoms with Gasteiger partial charge in [0.05, 0.1) is 18.1 Å². The van der Waals surface area contributed by atoms with E-state index in [0.717, 1.165) is 29.7 Å². The van der Waals surface area contributed by atoms with Crippen LogP contribution in [0.3, 0.4) is 0 Å². The highest BCUT2D eigenvalue weighted by molar-refractivity contribution is 8.00. The summed E-state index contributed by atoms with van der Waals surface area (Å²) in [6, 6.07) is 7.65. The van der Waals surface area contributed by atoms with Gasteiger partial charge in [-0.2, -0.15) is 5.10 Å². The number of hydrogen-bond donors (Lipinski definition) is 3. The summed E-state index contributed by atoms with van der Waals surface area (Å²) in [6.45, 7) is 16.4. The first-order chi connectivity index (χ1) is 22.2. The molecule has 1 aliphatic heterocycles. The number of nitrogens with one attached hydrogen (secondary N) is 2. The zero-order valence-electron chi connectivity index (χ0n) is 28.5. The summed E-state index contributed by atoms with van der Waals surface area (Å²) in [4.78, 5) is 43.2. The number of amides is 1. The molecule has 3 unspecified atom stereocenters. The number of Topliss-reactive ketones (excluding diaryl/α,β-unsaturated/α-hetero) is 1. The van der Waals surface area contributed by atoms with Crippen LogP contribution in [0.25, 0.3) is 0 Å². The molecule has 4 fully saturated rings. The first-order valence-corrected chi connectivity index (χ1v) is 17.9. The van der Waals surface area contributed by atoms with Crippen LogP contribution in [-0.4, -0.2) is 88.9 Å². The number of ketones is 1. The van der Waals surface area contributed by atoms with E-state index in [4.69, 9.17) is 10.1 Å². The molecule has 1 aromatic carbocycles. The molecule has 2 bridgehead atoms. The second-order valence-corrected chi connectivity index (χ2v) is 15.7. The fourth-order valence-corrected chi connectivity index (χ4v) is 9.75. The zero-order valence-corrected chi connectivity index (χ0v) is 29.3. The molecule has 256 valence electrons. The van der Waals surface area contributed by atoms with Crippen molar-refractivity contribution in [3.8, 4) is 0 Å². The number of aliphatic hydroxyl groups excluding tert-OH is 1. The summed E-state index contributed by atoms with van der Waals surface area (Å²) >= 11 is 1.38. The Labute approximate surface area is 283 Å². The smallest absolute Gasteiger partial charge is 0.316 e. The Balaban J connectivity index is 1.24. The first-order valence-electron chi connectivity index (χ1n) is 16.9. The van der Waals surface area contributed by atoms with Crippen LogP contribution in [0.4, 0.5) is 0 Å². The van der Waals surface area contributed by atoms with Crippen LogP contribution in [0.5, 0.6) is 0 Å². The first kappa shape index (κ1) is 35.1. The van der Waals surface area contributed by atoms with Crippen LogP contribution in [0.1, 0.15) is 72.3 Å². The lowest BCUT2D eigenvalue weighted by atomic mass is 9.44. The van der Waals surface area contributed by atoms with Crippen molar-refractivity contribution < 1.29 is 24.2 Å². The number of aliphatic hydroxyl groups is 1. The van der Waals surface area contributed by atoms with E-state index in [1.165, 1.54) is 11.8 Å². The molecule has 4 aliphatic rings. The standard InChI is InChI=1S/C36H51N5O5S/c1-7-34(5)20-29(35(6)23(2)11-13-36(24(3)32(34)45)14-12-28(43)31(35)36)46-30(44)22-47-27-10-8-9-26(19-27)21-38-39-33(37)41-17-15-40(16-18-41)25(4)42/h7-10,19,21,23-24,29,31-32,45H,1,11-18,20,22H2,2-6H3,(H2,37,39)/b38-21+/t23?,24-,29+,31?,32-,34+,35-,36?/m0/s1. The Morgan fingerprint density at radius 1 is 1.19 bits per heavy atom. The summed E-state index contributed by atoms with van der Waals surface area (Å²) < 4.78 is 6.38. The summed E-state index contributed by atoms with van der Waals surface area (Å²) in [6.07, 6.45) is 5.76. The van der Waals surface area contributed by atoms with Crippen molar-refractivity contribution >= 4 is 41.6 Å². The highest BCUT2D eigenvalue weighted by Gasteiger charge is 2.68. The lowest BCUT2D eigenvalue weighted by Crippen LogP contribution is -2.63. The van der Waals surface area contributed by atoms with Gasteiger partial charge in [0.2, 0.25) is 11.9 Å². The molecule has 1 amide bonds. The van der Waals surface area contributed by atoms with Crippen molar-refractivity contribution in [2.45, 2.75) is 83.8 Å². The predicted octanol–water partition coefficient (Wildman–Crippen LogP) is 4.71. The molecule has 1 saturated heterocycles. The molecule has 1 aromatic rings. The van der Waals surface area contributed by atoms with E-state index in [9.17, 15) is 19.5 Å². The van der Waals surface area contributed by atoms with Crippen molar-refractivity contribution in [1.29, 1.82) is 5.41 Å². The van der Waals surface area contributed by atoms with E-state index in [2.05, 4.69) is 37.9 Å². The van der Waals surface area contributed by atoms with Gasteiger partial charge in [0.1, 0.15) is 11.9 Å². The number of hydrogen-bond acceptors (Lipinski definition) is 8. The Morgan fingerprint density at radius 3 is 2.57 bits per heavy atom. The van der Waals surface area contributed by atoms with Gasteiger partial charge in [-0.1, -0.05) is 45.9 Å². The summed E-state index contributed by atoms with van der Waals surface area (Å²) in [5, 5.41) is 24.3. The number of benzene rings is 1. The van der Waals surface area contributed by atoms with Gasteiger partial charge < -0.3 is 19.6 Å². The average molecular weight is 666 g/mol. The number of rotatable bonds is 7. The van der Waals surface area contributed by atoms with Gasteiger partial charge in [-0.05, 0) is 60.6 Å². The van der Waals surface area contributed by atoms with Gasteiger partial charge in [0, 0.05) is 61.2 Å². The van der Waals surface area contributed by atoms with Crippen molar-refractivity contribution in [1.82, 2.24) is 15.2 Å². The highest BCUT2D eigenvalue weighted by atomic mass is 32.2. The number of carbonyl (C=O) groups is 3. The third-order valence-corrected chi connectivity index (χ3v) is 13.2. The lowest BCUT2D eigenvalue weighted by molar-refractivity contribution is -0.205. The fraction of sp³-hybridized carbons (Fsp3) is 0.639. The average Bonchev–Trinajstić information content (AvgIpc) is 3.42. The van der Waals surface area contributed by atoms with Crippen LogP contribution in [0.15, 0.2) is 46.9 Å². The number of nitrogens with zero attached hydrogens (tertiary/aromatic N) is 3. The quantitative estimate of drug-likeness (QED) is 0.0953. The normalized spacial score (nSPS) is 35.5. The van der Waals surface area contributed by atoms with E-state index in [1.807, 2.05) is 42.2 Å². The number of esters is 1.